The molecule has 0 bridgehead atoms. The van der Waals surface area contributed by atoms with E-state index in [0.717, 1.165) is 11.1 Å². The number of benzene rings is 2. The van der Waals surface area contributed by atoms with E-state index in [0.29, 0.717) is 33.3 Å². The van der Waals surface area contributed by atoms with Crippen LogP contribution in [0.3, 0.4) is 0 Å². The van der Waals surface area contributed by atoms with Crippen molar-refractivity contribution in [2.75, 3.05) is 19.5 Å². The Hall–Kier alpha value is -3.09. The van der Waals surface area contributed by atoms with Gasteiger partial charge in [0.2, 0.25) is 29.0 Å². The number of nitrogens with one attached hydrogen (secondary N) is 1. The van der Waals surface area contributed by atoms with Gasteiger partial charge in [-0.1, -0.05) is 47.5 Å². The van der Waals surface area contributed by atoms with Gasteiger partial charge in [0, 0.05) is 39.7 Å². The molecule has 0 saturated carbocycles. The summed E-state index contributed by atoms with van der Waals surface area (Å²) in [6, 6.07) is 12.4. The van der Waals surface area contributed by atoms with E-state index in [1.807, 2.05) is 24.3 Å². The van der Waals surface area contributed by atoms with E-state index in [9.17, 15) is 14.4 Å². The molecule has 6 nitrogen and oxygen atoms in total. The average Bonchev–Trinajstić information content (AvgIpc) is 2.77. The lowest BCUT2D eigenvalue weighted by Crippen LogP contribution is -2.26. The van der Waals surface area contributed by atoms with E-state index in [2.05, 4.69) is 5.32 Å². The molecular weight excluding hydrogens is 465 g/mol. The van der Waals surface area contributed by atoms with Crippen molar-refractivity contribution in [1.29, 1.82) is 0 Å². The highest BCUT2D eigenvalue weighted by Crippen LogP contribution is 2.28. The van der Waals surface area contributed by atoms with E-state index in [1.165, 1.54) is 14.2 Å². The average molecular weight is 488 g/mol. The van der Waals surface area contributed by atoms with Crippen LogP contribution in [0.25, 0.3) is 0 Å². The number of allylic oxidation sites excluding steroid dienone is 2. The number of aryl methyl sites for hydroxylation is 1. The fourth-order valence-corrected chi connectivity index (χ4v) is 4.07. The minimum atomic E-state index is -0.354. The van der Waals surface area contributed by atoms with Gasteiger partial charge in [0.05, 0.1) is 14.2 Å². The summed E-state index contributed by atoms with van der Waals surface area (Å²) in [4.78, 5) is 37.6. The molecule has 0 heterocycles. The van der Waals surface area contributed by atoms with Crippen LogP contribution in [0.15, 0.2) is 65.1 Å². The second kappa shape index (κ2) is 10.7. The number of hydrogen-bond acceptors (Lipinski definition) is 5. The van der Waals surface area contributed by atoms with Crippen molar-refractivity contribution in [2.45, 2.75) is 26.2 Å². The third-order valence-electron chi connectivity index (χ3n) is 5.29. The zero-order valence-corrected chi connectivity index (χ0v) is 20.0. The molecule has 2 aromatic carbocycles. The summed E-state index contributed by atoms with van der Waals surface area (Å²) < 4.78 is 10.2. The third-order valence-corrected chi connectivity index (χ3v) is 5.72. The van der Waals surface area contributed by atoms with Gasteiger partial charge in [0.15, 0.2) is 0 Å². The lowest BCUT2D eigenvalue weighted by molar-refractivity contribution is -0.121. The van der Waals surface area contributed by atoms with Crippen LogP contribution in [0.1, 0.15) is 24.5 Å². The number of methoxy groups -OCH3 is 2. The van der Waals surface area contributed by atoms with Crippen molar-refractivity contribution in [2.24, 2.45) is 0 Å². The van der Waals surface area contributed by atoms with Crippen LogP contribution in [-0.2, 0) is 36.7 Å². The van der Waals surface area contributed by atoms with Gasteiger partial charge in [-0.2, -0.15) is 0 Å². The molecule has 0 atom stereocenters. The largest absolute Gasteiger partial charge is 0.489 e. The minimum Gasteiger partial charge on any atom is -0.489 e. The molecule has 0 unspecified atom stereocenters. The smallest absolute Gasteiger partial charge is 0.228 e. The summed E-state index contributed by atoms with van der Waals surface area (Å²) in [5.74, 6) is -1.01. The van der Waals surface area contributed by atoms with Crippen LogP contribution in [-0.4, -0.2) is 31.7 Å². The summed E-state index contributed by atoms with van der Waals surface area (Å²) >= 11 is 11.9. The SMILES string of the molecule is COC1=C(OC)C(=O)C(Cc2ccc(CCC(=O)Nc3cc(Cl)cc(Cl)c3)cc2)=C(C)C1=O. The zero-order chi connectivity index (χ0) is 24.1. The van der Waals surface area contributed by atoms with Gasteiger partial charge in [0.1, 0.15) is 0 Å². The van der Waals surface area contributed by atoms with Crippen molar-refractivity contribution in [3.63, 3.8) is 0 Å². The zero-order valence-electron chi connectivity index (χ0n) is 18.5. The lowest BCUT2D eigenvalue weighted by Gasteiger charge is -2.20. The summed E-state index contributed by atoms with van der Waals surface area (Å²) in [6.07, 6.45) is 1.10. The van der Waals surface area contributed by atoms with Crippen molar-refractivity contribution in [3.8, 4) is 0 Å². The molecule has 33 heavy (non-hydrogen) atoms. The van der Waals surface area contributed by atoms with Crippen LogP contribution in [0.2, 0.25) is 10.0 Å². The molecule has 1 aliphatic carbocycles. The fourth-order valence-electron chi connectivity index (χ4n) is 3.54. The molecule has 1 N–H and O–H groups in total. The monoisotopic (exact) mass is 487 g/mol. The fraction of sp³-hybridized carbons (Fsp3) is 0.240. The van der Waals surface area contributed by atoms with Gasteiger partial charge in [-0.05, 0) is 42.7 Å². The summed E-state index contributed by atoms with van der Waals surface area (Å²) in [7, 11) is 2.67. The molecule has 172 valence electrons. The van der Waals surface area contributed by atoms with E-state index < -0.39 is 0 Å². The number of carbonyl (C=O) groups is 3. The number of Topliss-reactive ketones (excluding diaryl/α,β-unsaturated/α-hetero) is 2. The molecule has 0 radical (unpaired) electrons. The normalized spacial score (nSPS) is 14.0. The Labute approximate surface area is 202 Å². The second-order valence-corrected chi connectivity index (χ2v) is 8.40. The first-order valence-electron chi connectivity index (χ1n) is 10.2. The van der Waals surface area contributed by atoms with Crippen molar-refractivity contribution < 1.29 is 23.9 Å². The van der Waals surface area contributed by atoms with Gasteiger partial charge in [-0.25, -0.2) is 0 Å². The number of rotatable bonds is 8. The molecule has 3 rings (SSSR count). The molecule has 2 aromatic rings. The third kappa shape index (κ3) is 5.83. The highest BCUT2D eigenvalue weighted by molar-refractivity contribution is 6.35. The van der Waals surface area contributed by atoms with E-state index in [-0.39, 0.29) is 41.8 Å². The molecule has 0 saturated heterocycles. The minimum absolute atomic E-state index is 0.0718. The maximum absolute atomic E-state index is 12.8. The van der Waals surface area contributed by atoms with Crippen LogP contribution in [0.4, 0.5) is 5.69 Å². The molecular formula is C25H23Cl2NO5. The molecule has 1 aliphatic rings. The van der Waals surface area contributed by atoms with Crippen LogP contribution in [0, 0.1) is 0 Å². The van der Waals surface area contributed by atoms with Gasteiger partial charge < -0.3 is 14.8 Å². The Morgan fingerprint density at radius 1 is 0.879 bits per heavy atom. The van der Waals surface area contributed by atoms with E-state index in [1.54, 1.807) is 25.1 Å². The Kier molecular flexibility index (Phi) is 7.95. The predicted molar refractivity (Wildman–Crippen MR) is 127 cm³/mol. The lowest BCUT2D eigenvalue weighted by atomic mass is 9.88. The van der Waals surface area contributed by atoms with E-state index >= 15 is 0 Å². The summed E-state index contributed by atoms with van der Waals surface area (Å²) in [5.41, 5.74) is 3.10. The van der Waals surface area contributed by atoms with Crippen LogP contribution >= 0.6 is 23.2 Å². The van der Waals surface area contributed by atoms with Crippen LogP contribution < -0.4 is 5.32 Å². The number of halogens is 2. The highest BCUT2D eigenvalue weighted by Gasteiger charge is 2.34. The molecule has 0 aromatic heterocycles. The number of ether oxygens (including phenoxy) is 2. The number of anilines is 1. The van der Waals surface area contributed by atoms with Crippen LogP contribution in [0.5, 0.6) is 0 Å². The highest BCUT2D eigenvalue weighted by atomic mass is 35.5. The molecule has 0 fully saturated rings. The standard InChI is InChI=1S/C25H23Cl2NO5/c1-14-20(23(31)25(33-3)24(32-2)22(14)30)10-16-6-4-15(5-7-16)8-9-21(29)28-19-12-17(26)11-18(27)13-19/h4-7,11-13H,8-10H2,1-3H3,(H,28,29). The number of ketones is 2. The Morgan fingerprint density at radius 2 is 1.42 bits per heavy atom. The van der Waals surface area contributed by atoms with Gasteiger partial charge >= 0.3 is 0 Å². The molecule has 1 amide bonds. The molecule has 0 spiro atoms. The van der Waals surface area contributed by atoms with Crippen molar-refractivity contribution in [3.05, 3.63) is 86.3 Å². The maximum Gasteiger partial charge on any atom is 0.228 e. The summed E-state index contributed by atoms with van der Waals surface area (Å²) in [5, 5.41) is 3.68. The topological polar surface area (TPSA) is 81.7 Å². The number of hydrogen-bond donors (Lipinski definition) is 1. The predicted octanol–water partition coefficient (Wildman–Crippen LogP) is 5.08. The number of amides is 1. The van der Waals surface area contributed by atoms with Gasteiger partial charge in [0.25, 0.3) is 0 Å². The Morgan fingerprint density at radius 3 is 2.00 bits per heavy atom. The number of carbonyl (C=O) groups excluding carboxylic acids is 3. The Balaban J connectivity index is 1.62. The first-order valence-corrected chi connectivity index (χ1v) is 10.9. The Bertz CT molecular complexity index is 1150. The summed E-state index contributed by atoms with van der Waals surface area (Å²) in [6.45, 7) is 1.61. The second-order valence-electron chi connectivity index (χ2n) is 7.53. The van der Waals surface area contributed by atoms with Gasteiger partial charge in [-0.15, -0.1) is 0 Å². The first kappa shape index (κ1) is 24.6. The van der Waals surface area contributed by atoms with E-state index in [4.69, 9.17) is 32.7 Å². The quantitative estimate of drug-likeness (QED) is 0.525. The van der Waals surface area contributed by atoms with Gasteiger partial charge in [-0.3, -0.25) is 14.4 Å². The molecule has 0 aliphatic heterocycles. The van der Waals surface area contributed by atoms with Crippen molar-refractivity contribution >= 4 is 46.4 Å². The molecule has 8 heteroatoms. The van der Waals surface area contributed by atoms with Crippen molar-refractivity contribution in [1.82, 2.24) is 0 Å². The maximum atomic E-state index is 12.8. The first-order chi connectivity index (χ1) is 15.7.